The first kappa shape index (κ1) is 16.8. The van der Waals surface area contributed by atoms with Crippen LogP contribution < -0.4 is 0 Å². The van der Waals surface area contributed by atoms with E-state index in [-0.39, 0.29) is 23.1 Å². The molecule has 5 nitrogen and oxygen atoms in total. The Bertz CT molecular complexity index is 871. The lowest BCUT2D eigenvalue weighted by molar-refractivity contribution is -0.384. The normalized spacial score (nSPS) is 20.8. The minimum absolute atomic E-state index is 0.0273. The van der Waals surface area contributed by atoms with Crippen LogP contribution in [0.15, 0.2) is 48.5 Å². The van der Waals surface area contributed by atoms with E-state index in [1.54, 1.807) is 12.1 Å². The number of carbonyl (C=O) groups is 1. The SMILES string of the molecule is C[C@@H]1c2ccccc2C2(CCCC2)CN1C(=O)c1cccc([N+](=O)[O-])c1. The summed E-state index contributed by atoms with van der Waals surface area (Å²) in [5.41, 5.74) is 2.96. The number of fused-ring (bicyclic) bond motifs is 2. The van der Waals surface area contributed by atoms with Gasteiger partial charge in [-0.2, -0.15) is 0 Å². The lowest BCUT2D eigenvalue weighted by Crippen LogP contribution is -2.48. The Morgan fingerprint density at radius 1 is 1.15 bits per heavy atom. The number of nitrogens with zero attached hydrogens (tertiary/aromatic N) is 2. The van der Waals surface area contributed by atoms with Gasteiger partial charge in [-0.05, 0) is 37.0 Å². The lowest BCUT2D eigenvalue weighted by Gasteiger charge is -2.46. The summed E-state index contributed by atoms with van der Waals surface area (Å²) < 4.78 is 0. The molecule has 2 aromatic rings. The molecule has 5 heteroatoms. The molecule has 1 heterocycles. The van der Waals surface area contributed by atoms with E-state index < -0.39 is 4.92 Å². The molecule has 0 aromatic heterocycles. The average molecular weight is 350 g/mol. The number of hydrogen-bond donors (Lipinski definition) is 0. The number of hydrogen-bond acceptors (Lipinski definition) is 3. The molecular formula is C21H22N2O3. The first-order valence-electron chi connectivity index (χ1n) is 9.17. The van der Waals surface area contributed by atoms with Gasteiger partial charge in [-0.25, -0.2) is 0 Å². The molecule has 0 N–H and O–H groups in total. The fraction of sp³-hybridized carbons (Fsp3) is 0.381. The highest BCUT2D eigenvalue weighted by Crippen LogP contribution is 2.49. The van der Waals surface area contributed by atoms with Gasteiger partial charge in [0.05, 0.1) is 11.0 Å². The van der Waals surface area contributed by atoms with Crippen LogP contribution in [-0.4, -0.2) is 22.3 Å². The fourth-order valence-electron chi connectivity index (χ4n) is 4.71. The molecule has 0 radical (unpaired) electrons. The van der Waals surface area contributed by atoms with Crippen LogP contribution in [0.3, 0.4) is 0 Å². The van der Waals surface area contributed by atoms with Gasteiger partial charge in [0.2, 0.25) is 0 Å². The molecular weight excluding hydrogens is 328 g/mol. The number of amides is 1. The third-order valence-electron chi connectivity index (χ3n) is 6.05. The highest BCUT2D eigenvalue weighted by atomic mass is 16.6. The Morgan fingerprint density at radius 2 is 1.88 bits per heavy atom. The monoisotopic (exact) mass is 350 g/mol. The van der Waals surface area contributed by atoms with Gasteiger partial charge in [-0.1, -0.05) is 43.2 Å². The standard InChI is InChI=1S/C21H22N2O3/c1-15-18-9-2-3-10-19(18)21(11-4-5-12-21)14-22(15)20(24)16-7-6-8-17(13-16)23(25)26/h2-3,6-10,13,15H,4-5,11-12,14H2,1H3/t15-/m1/s1. The van der Waals surface area contributed by atoms with Crippen LogP contribution in [0.1, 0.15) is 60.1 Å². The minimum Gasteiger partial charge on any atom is -0.331 e. The van der Waals surface area contributed by atoms with Gasteiger partial charge in [0.25, 0.3) is 11.6 Å². The third kappa shape index (κ3) is 2.59. The second kappa shape index (κ2) is 6.24. The van der Waals surface area contributed by atoms with Crippen LogP contribution >= 0.6 is 0 Å². The molecule has 1 saturated carbocycles. The van der Waals surface area contributed by atoms with Gasteiger partial charge >= 0.3 is 0 Å². The molecule has 1 amide bonds. The Labute approximate surface area is 152 Å². The Hall–Kier alpha value is -2.69. The van der Waals surface area contributed by atoms with Crippen molar-refractivity contribution in [2.75, 3.05) is 6.54 Å². The van der Waals surface area contributed by atoms with Crippen LogP contribution in [0, 0.1) is 10.1 Å². The molecule has 0 unspecified atom stereocenters. The summed E-state index contributed by atoms with van der Waals surface area (Å²) in [5.74, 6) is -0.123. The molecule has 4 rings (SSSR count). The fourth-order valence-corrected chi connectivity index (χ4v) is 4.71. The Morgan fingerprint density at radius 3 is 2.62 bits per heavy atom. The number of benzene rings is 2. The van der Waals surface area contributed by atoms with Gasteiger partial charge in [0.1, 0.15) is 0 Å². The van der Waals surface area contributed by atoms with E-state index in [4.69, 9.17) is 0 Å². The second-order valence-corrected chi connectivity index (χ2v) is 7.49. The van der Waals surface area contributed by atoms with E-state index >= 15 is 0 Å². The minimum atomic E-state index is -0.454. The maximum absolute atomic E-state index is 13.2. The third-order valence-corrected chi connectivity index (χ3v) is 6.05. The van der Waals surface area contributed by atoms with Crippen molar-refractivity contribution in [1.29, 1.82) is 0 Å². The van der Waals surface area contributed by atoms with Crippen LogP contribution in [0.2, 0.25) is 0 Å². The summed E-state index contributed by atoms with van der Waals surface area (Å²) in [6.07, 6.45) is 4.55. The summed E-state index contributed by atoms with van der Waals surface area (Å²) in [7, 11) is 0. The van der Waals surface area contributed by atoms with Crippen molar-refractivity contribution < 1.29 is 9.72 Å². The van der Waals surface area contributed by atoms with E-state index in [1.807, 2.05) is 11.0 Å². The van der Waals surface area contributed by atoms with Crippen molar-refractivity contribution in [1.82, 2.24) is 4.90 Å². The number of carbonyl (C=O) groups excluding carboxylic acids is 1. The Kier molecular flexibility index (Phi) is 4.02. The highest BCUT2D eigenvalue weighted by Gasteiger charge is 2.45. The molecule has 2 aromatic carbocycles. The van der Waals surface area contributed by atoms with E-state index in [2.05, 4.69) is 25.1 Å². The number of rotatable bonds is 2. The second-order valence-electron chi connectivity index (χ2n) is 7.49. The molecule has 0 saturated heterocycles. The quantitative estimate of drug-likeness (QED) is 0.586. The summed E-state index contributed by atoms with van der Waals surface area (Å²) in [4.78, 5) is 25.8. The topological polar surface area (TPSA) is 63.5 Å². The first-order valence-corrected chi connectivity index (χ1v) is 9.17. The highest BCUT2D eigenvalue weighted by molar-refractivity contribution is 5.95. The van der Waals surface area contributed by atoms with Gasteiger partial charge < -0.3 is 4.90 Å². The molecule has 1 fully saturated rings. The molecule has 1 aliphatic carbocycles. The van der Waals surface area contributed by atoms with Crippen molar-refractivity contribution in [3.05, 3.63) is 75.3 Å². The van der Waals surface area contributed by atoms with Crippen molar-refractivity contribution >= 4 is 11.6 Å². The van der Waals surface area contributed by atoms with Gasteiger partial charge in [-0.3, -0.25) is 14.9 Å². The average Bonchev–Trinajstić information content (AvgIpc) is 3.14. The van der Waals surface area contributed by atoms with Crippen molar-refractivity contribution in [3.63, 3.8) is 0 Å². The smallest absolute Gasteiger partial charge is 0.270 e. The molecule has 134 valence electrons. The van der Waals surface area contributed by atoms with E-state index in [1.165, 1.54) is 36.1 Å². The van der Waals surface area contributed by atoms with Crippen molar-refractivity contribution in [2.45, 2.75) is 44.1 Å². The summed E-state index contributed by atoms with van der Waals surface area (Å²) in [6, 6.07) is 14.5. The van der Waals surface area contributed by atoms with Crippen molar-refractivity contribution in [3.8, 4) is 0 Å². The van der Waals surface area contributed by atoms with Gasteiger partial charge in [0, 0.05) is 29.7 Å². The summed E-state index contributed by atoms with van der Waals surface area (Å²) >= 11 is 0. The predicted molar refractivity (Wildman–Crippen MR) is 99.1 cm³/mol. The molecule has 1 spiro atoms. The maximum Gasteiger partial charge on any atom is 0.270 e. The van der Waals surface area contributed by atoms with E-state index in [0.29, 0.717) is 12.1 Å². The van der Waals surface area contributed by atoms with Crippen LogP contribution in [0.25, 0.3) is 0 Å². The predicted octanol–water partition coefficient (Wildman–Crippen LogP) is 4.62. The number of nitro groups is 1. The molecule has 26 heavy (non-hydrogen) atoms. The van der Waals surface area contributed by atoms with E-state index in [9.17, 15) is 14.9 Å². The summed E-state index contributed by atoms with van der Waals surface area (Å²) in [6.45, 7) is 2.74. The van der Waals surface area contributed by atoms with Crippen LogP contribution in [0.5, 0.6) is 0 Å². The maximum atomic E-state index is 13.2. The van der Waals surface area contributed by atoms with Crippen LogP contribution in [0.4, 0.5) is 5.69 Å². The molecule has 0 bridgehead atoms. The van der Waals surface area contributed by atoms with Gasteiger partial charge in [0.15, 0.2) is 0 Å². The lowest BCUT2D eigenvalue weighted by atomic mass is 9.72. The summed E-state index contributed by atoms with van der Waals surface area (Å²) in [5, 5.41) is 11.1. The molecule has 1 atom stereocenters. The van der Waals surface area contributed by atoms with E-state index in [0.717, 1.165) is 12.8 Å². The zero-order valence-electron chi connectivity index (χ0n) is 14.9. The van der Waals surface area contributed by atoms with Gasteiger partial charge in [-0.15, -0.1) is 0 Å². The molecule has 1 aliphatic heterocycles. The van der Waals surface area contributed by atoms with Crippen LogP contribution in [-0.2, 0) is 5.41 Å². The zero-order chi connectivity index (χ0) is 18.3. The zero-order valence-corrected chi connectivity index (χ0v) is 14.9. The number of non-ortho nitro benzene ring substituents is 1. The Balaban J connectivity index is 1.74. The number of nitro benzene ring substituents is 1. The molecule has 2 aliphatic rings. The first-order chi connectivity index (χ1) is 12.5. The van der Waals surface area contributed by atoms with Crippen molar-refractivity contribution in [2.24, 2.45) is 0 Å². The largest absolute Gasteiger partial charge is 0.331 e.